The van der Waals surface area contributed by atoms with Gasteiger partial charge in [0, 0.05) is 13.0 Å². The first-order valence-corrected chi connectivity index (χ1v) is 5.62. The number of piperidine rings is 1. The molecule has 17 heavy (non-hydrogen) atoms. The van der Waals surface area contributed by atoms with E-state index in [9.17, 15) is 19.5 Å². The van der Waals surface area contributed by atoms with E-state index in [0.29, 0.717) is 19.4 Å². The van der Waals surface area contributed by atoms with Crippen molar-refractivity contribution in [1.29, 1.82) is 0 Å². The summed E-state index contributed by atoms with van der Waals surface area (Å²) >= 11 is 0. The minimum absolute atomic E-state index is 0.234. The second-order valence-corrected chi connectivity index (χ2v) is 4.36. The molecule has 3 amide bonds. The molecular weight excluding hydrogens is 226 g/mol. The molecule has 3 unspecified atom stereocenters. The molecule has 2 rings (SSSR count). The molecule has 0 aromatic carbocycles. The van der Waals surface area contributed by atoms with Gasteiger partial charge < -0.3 is 15.7 Å². The Morgan fingerprint density at radius 1 is 1.41 bits per heavy atom. The van der Waals surface area contributed by atoms with Gasteiger partial charge in [-0.25, -0.2) is 0 Å². The number of rotatable bonds is 2. The van der Waals surface area contributed by atoms with E-state index in [4.69, 9.17) is 0 Å². The van der Waals surface area contributed by atoms with Crippen LogP contribution in [0.15, 0.2) is 0 Å². The highest BCUT2D eigenvalue weighted by Gasteiger charge is 2.33. The number of hydrogen-bond acceptors (Lipinski definition) is 5. The molecule has 3 atom stereocenters. The van der Waals surface area contributed by atoms with E-state index in [-0.39, 0.29) is 18.2 Å². The minimum Gasteiger partial charge on any atom is -0.392 e. The van der Waals surface area contributed by atoms with Crippen molar-refractivity contribution in [3.05, 3.63) is 0 Å². The number of imide groups is 1. The predicted molar refractivity (Wildman–Crippen MR) is 56.7 cm³/mol. The Balaban J connectivity index is 1.86. The normalized spacial score (nSPS) is 33.4. The molecule has 0 saturated carbocycles. The zero-order chi connectivity index (χ0) is 12.4. The van der Waals surface area contributed by atoms with Crippen molar-refractivity contribution in [1.82, 2.24) is 16.0 Å². The van der Waals surface area contributed by atoms with Crippen LogP contribution >= 0.6 is 0 Å². The third-order valence-corrected chi connectivity index (χ3v) is 2.98. The Kier molecular flexibility index (Phi) is 3.39. The number of carbonyl (C=O) groups excluding carboxylic acids is 3. The molecular formula is C10H15N3O4. The molecule has 2 aliphatic rings. The molecule has 0 aromatic rings. The maximum Gasteiger partial charge on any atom is 0.249 e. The van der Waals surface area contributed by atoms with Crippen molar-refractivity contribution in [2.75, 3.05) is 6.54 Å². The summed E-state index contributed by atoms with van der Waals surface area (Å²) in [5.41, 5.74) is 0. The van der Waals surface area contributed by atoms with Gasteiger partial charge in [-0.1, -0.05) is 0 Å². The highest BCUT2D eigenvalue weighted by molar-refractivity contribution is 6.02. The monoisotopic (exact) mass is 241 g/mol. The summed E-state index contributed by atoms with van der Waals surface area (Å²) in [5, 5.41) is 16.9. The fourth-order valence-corrected chi connectivity index (χ4v) is 2.02. The van der Waals surface area contributed by atoms with Crippen LogP contribution in [-0.4, -0.2) is 47.6 Å². The number of nitrogens with one attached hydrogen (secondary N) is 3. The van der Waals surface area contributed by atoms with E-state index < -0.39 is 24.1 Å². The largest absolute Gasteiger partial charge is 0.392 e. The van der Waals surface area contributed by atoms with Crippen molar-refractivity contribution < 1.29 is 19.5 Å². The summed E-state index contributed by atoms with van der Waals surface area (Å²) < 4.78 is 0. The molecule has 2 heterocycles. The van der Waals surface area contributed by atoms with E-state index in [2.05, 4.69) is 16.0 Å². The van der Waals surface area contributed by atoms with E-state index in [1.54, 1.807) is 0 Å². The Morgan fingerprint density at radius 2 is 2.18 bits per heavy atom. The van der Waals surface area contributed by atoms with Crippen molar-refractivity contribution in [3.8, 4) is 0 Å². The number of aliphatic hydroxyl groups is 1. The van der Waals surface area contributed by atoms with E-state index in [1.165, 1.54) is 0 Å². The third kappa shape index (κ3) is 2.80. The van der Waals surface area contributed by atoms with E-state index in [0.717, 1.165) is 0 Å². The minimum atomic E-state index is -0.653. The zero-order valence-electron chi connectivity index (χ0n) is 9.23. The molecule has 0 aliphatic carbocycles. The summed E-state index contributed by atoms with van der Waals surface area (Å²) in [5.74, 6) is -1.08. The fraction of sp³-hybridized carbons (Fsp3) is 0.700. The predicted octanol–water partition coefficient (Wildman–Crippen LogP) is -2.37. The molecule has 4 N–H and O–H groups in total. The summed E-state index contributed by atoms with van der Waals surface area (Å²) in [6.45, 7) is 0.382. The quantitative estimate of drug-likeness (QED) is 0.404. The molecule has 2 aliphatic heterocycles. The molecule has 7 heteroatoms. The lowest BCUT2D eigenvalue weighted by Gasteiger charge is -2.23. The lowest BCUT2D eigenvalue weighted by atomic mass is 10.1. The van der Waals surface area contributed by atoms with Gasteiger partial charge in [-0.15, -0.1) is 0 Å². The second kappa shape index (κ2) is 4.80. The van der Waals surface area contributed by atoms with Crippen LogP contribution in [0.1, 0.15) is 19.3 Å². The Labute approximate surface area is 97.9 Å². The highest BCUT2D eigenvalue weighted by Crippen LogP contribution is 2.09. The molecule has 0 aromatic heterocycles. The molecule has 2 fully saturated rings. The van der Waals surface area contributed by atoms with E-state index >= 15 is 0 Å². The van der Waals surface area contributed by atoms with E-state index in [1.807, 2.05) is 0 Å². The van der Waals surface area contributed by atoms with Crippen LogP contribution in [0, 0.1) is 0 Å². The van der Waals surface area contributed by atoms with Gasteiger partial charge in [-0.3, -0.25) is 19.7 Å². The van der Waals surface area contributed by atoms with Crippen LogP contribution in [0.2, 0.25) is 0 Å². The first-order valence-electron chi connectivity index (χ1n) is 5.62. The molecule has 94 valence electrons. The van der Waals surface area contributed by atoms with Crippen LogP contribution in [0.5, 0.6) is 0 Å². The first-order chi connectivity index (χ1) is 8.06. The smallest absolute Gasteiger partial charge is 0.249 e. The highest BCUT2D eigenvalue weighted by atomic mass is 16.3. The first kappa shape index (κ1) is 12.0. The van der Waals surface area contributed by atoms with Crippen LogP contribution in [0.3, 0.4) is 0 Å². The Hall–Kier alpha value is -1.47. The van der Waals surface area contributed by atoms with Crippen LogP contribution < -0.4 is 16.0 Å². The number of carbonyl (C=O) groups is 3. The van der Waals surface area contributed by atoms with Gasteiger partial charge in [-0.05, 0) is 12.8 Å². The summed E-state index contributed by atoms with van der Waals surface area (Å²) in [6.07, 6.45) is 0.384. The van der Waals surface area contributed by atoms with Gasteiger partial charge >= 0.3 is 0 Å². The van der Waals surface area contributed by atoms with Crippen molar-refractivity contribution in [3.63, 3.8) is 0 Å². The third-order valence-electron chi connectivity index (χ3n) is 2.98. The SMILES string of the molecule is O=C1CCC(NC(=O)C2CC(O)CN2)C(=O)N1. The number of aliphatic hydroxyl groups excluding tert-OH is 1. The van der Waals surface area contributed by atoms with Gasteiger partial charge in [0.1, 0.15) is 6.04 Å². The van der Waals surface area contributed by atoms with Gasteiger partial charge in [0.15, 0.2) is 0 Å². The van der Waals surface area contributed by atoms with Crippen molar-refractivity contribution >= 4 is 17.7 Å². The number of β-amino-alcohol motifs (C(OH)–C–C–N with tert-alkyl or cyclic N) is 1. The second-order valence-electron chi connectivity index (χ2n) is 4.36. The average Bonchev–Trinajstić information content (AvgIpc) is 2.69. The fourth-order valence-electron chi connectivity index (χ4n) is 2.02. The molecule has 7 nitrogen and oxygen atoms in total. The van der Waals surface area contributed by atoms with Crippen LogP contribution in [0.25, 0.3) is 0 Å². The standard InChI is InChI=1S/C10H15N3O4/c14-5-3-7(11-4-5)10(17)12-6-1-2-8(15)13-9(6)16/h5-7,11,14H,1-4H2,(H,12,17)(H,13,15,16). The van der Waals surface area contributed by atoms with Crippen molar-refractivity contribution in [2.45, 2.75) is 37.5 Å². The molecule has 0 radical (unpaired) electrons. The number of amides is 3. The number of hydrogen-bond donors (Lipinski definition) is 4. The zero-order valence-corrected chi connectivity index (χ0v) is 9.23. The van der Waals surface area contributed by atoms with Crippen molar-refractivity contribution in [2.24, 2.45) is 0 Å². The van der Waals surface area contributed by atoms with Gasteiger partial charge in [0.25, 0.3) is 0 Å². The Bertz CT molecular complexity index is 357. The maximum absolute atomic E-state index is 11.7. The maximum atomic E-state index is 11.7. The molecule has 0 spiro atoms. The van der Waals surface area contributed by atoms with Gasteiger partial charge in [0.05, 0.1) is 12.1 Å². The summed E-state index contributed by atoms with van der Waals surface area (Å²) in [4.78, 5) is 34.1. The summed E-state index contributed by atoms with van der Waals surface area (Å²) in [7, 11) is 0. The van der Waals surface area contributed by atoms with Crippen LogP contribution in [-0.2, 0) is 14.4 Å². The molecule has 0 bridgehead atoms. The van der Waals surface area contributed by atoms with Crippen LogP contribution in [0.4, 0.5) is 0 Å². The van der Waals surface area contributed by atoms with Gasteiger partial charge in [0.2, 0.25) is 17.7 Å². The Morgan fingerprint density at radius 3 is 2.76 bits per heavy atom. The summed E-state index contributed by atoms with van der Waals surface area (Å²) in [6, 6.07) is -1.12. The molecule has 2 saturated heterocycles. The van der Waals surface area contributed by atoms with Gasteiger partial charge in [-0.2, -0.15) is 0 Å². The average molecular weight is 241 g/mol. The topological polar surface area (TPSA) is 108 Å². The lowest BCUT2D eigenvalue weighted by molar-refractivity contribution is -0.137. The lowest BCUT2D eigenvalue weighted by Crippen LogP contribution is -2.55.